The van der Waals surface area contributed by atoms with Gasteiger partial charge in [-0.25, -0.2) is 8.42 Å². The smallest absolute Gasteiger partial charge is 0.213 e. The molecule has 0 amide bonds. The molecule has 2 aromatic rings. The molecule has 0 saturated carbocycles. The highest BCUT2D eigenvalue weighted by Crippen LogP contribution is 2.35. The minimum Gasteiger partial charge on any atom is -0.369 e. The fourth-order valence-corrected chi connectivity index (χ4v) is 5.66. The van der Waals surface area contributed by atoms with Gasteiger partial charge in [0.25, 0.3) is 0 Å². The molecule has 0 bridgehead atoms. The van der Waals surface area contributed by atoms with Crippen molar-refractivity contribution in [2.45, 2.75) is 25.8 Å². The Kier molecular flexibility index (Phi) is 5.95. The lowest BCUT2D eigenvalue weighted by molar-refractivity contribution is 0.328. The molecule has 4 rings (SSSR count). The van der Waals surface area contributed by atoms with Crippen LogP contribution in [0.5, 0.6) is 0 Å². The van der Waals surface area contributed by atoms with Gasteiger partial charge in [0, 0.05) is 44.3 Å². The standard InChI is InChI=1S/C23H31N3O2S/c1-3-29(27,28)26-15-13-25(14-16-26)21-9-10-22-20(17-21)18-24(2)12-11-23(22)19-7-5-4-6-8-19/h4-10,17,23H,3,11-16,18H2,1-2H3. The highest BCUT2D eigenvalue weighted by atomic mass is 32.2. The topological polar surface area (TPSA) is 43.9 Å². The van der Waals surface area contributed by atoms with Crippen LogP contribution in [0, 0.1) is 0 Å². The zero-order chi connectivity index (χ0) is 20.4. The van der Waals surface area contributed by atoms with Crippen molar-refractivity contribution >= 4 is 15.7 Å². The van der Waals surface area contributed by atoms with Gasteiger partial charge in [0.2, 0.25) is 10.0 Å². The van der Waals surface area contributed by atoms with Crippen molar-refractivity contribution in [2.75, 3.05) is 50.4 Å². The fourth-order valence-electron chi connectivity index (χ4n) is 4.58. The summed E-state index contributed by atoms with van der Waals surface area (Å²) >= 11 is 0. The first-order chi connectivity index (χ1) is 14.0. The molecule has 0 radical (unpaired) electrons. The van der Waals surface area contributed by atoms with Crippen LogP contribution in [-0.2, 0) is 16.6 Å². The molecule has 2 aliphatic rings. The Morgan fingerprint density at radius 1 is 0.966 bits per heavy atom. The van der Waals surface area contributed by atoms with Crippen LogP contribution < -0.4 is 4.90 Å². The van der Waals surface area contributed by atoms with Gasteiger partial charge in [0.1, 0.15) is 0 Å². The van der Waals surface area contributed by atoms with Gasteiger partial charge in [0.15, 0.2) is 0 Å². The number of nitrogens with zero attached hydrogens (tertiary/aromatic N) is 3. The Morgan fingerprint density at radius 3 is 2.38 bits per heavy atom. The summed E-state index contributed by atoms with van der Waals surface area (Å²) in [5, 5.41) is 0. The maximum Gasteiger partial charge on any atom is 0.213 e. The van der Waals surface area contributed by atoms with E-state index in [0.29, 0.717) is 19.0 Å². The number of benzene rings is 2. The van der Waals surface area contributed by atoms with E-state index < -0.39 is 10.0 Å². The lowest BCUT2D eigenvalue weighted by Gasteiger charge is -2.35. The second-order valence-electron chi connectivity index (χ2n) is 8.16. The number of sulfonamides is 1. The van der Waals surface area contributed by atoms with E-state index in [4.69, 9.17) is 0 Å². The van der Waals surface area contributed by atoms with Gasteiger partial charge in [-0.3, -0.25) is 0 Å². The molecule has 6 heteroatoms. The van der Waals surface area contributed by atoms with Gasteiger partial charge >= 0.3 is 0 Å². The van der Waals surface area contributed by atoms with Gasteiger partial charge in [-0.05, 0) is 55.8 Å². The lowest BCUT2D eigenvalue weighted by Crippen LogP contribution is -2.49. The number of hydrogen-bond donors (Lipinski definition) is 0. The molecule has 29 heavy (non-hydrogen) atoms. The summed E-state index contributed by atoms with van der Waals surface area (Å²) in [5.74, 6) is 0.607. The molecule has 5 nitrogen and oxygen atoms in total. The zero-order valence-electron chi connectivity index (χ0n) is 17.4. The molecule has 156 valence electrons. The minimum atomic E-state index is -3.09. The van der Waals surface area contributed by atoms with E-state index in [0.717, 1.165) is 32.6 Å². The van der Waals surface area contributed by atoms with E-state index in [1.807, 2.05) is 0 Å². The van der Waals surface area contributed by atoms with E-state index in [2.05, 4.69) is 65.4 Å². The lowest BCUT2D eigenvalue weighted by atomic mass is 9.86. The van der Waals surface area contributed by atoms with Crippen molar-refractivity contribution in [2.24, 2.45) is 0 Å². The first-order valence-electron chi connectivity index (χ1n) is 10.6. The molecule has 1 atom stereocenters. The van der Waals surface area contributed by atoms with Gasteiger partial charge in [-0.2, -0.15) is 4.31 Å². The predicted octanol–water partition coefficient (Wildman–Crippen LogP) is 3.13. The normalized spacial score (nSPS) is 21.6. The van der Waals surface area contributed by atoms with Crippen LogP contribution in [-0.4, -0.2) is 63.1 Å². The number of anilines is 1. The quantitative estimate of drug-likeness (QED) is 0.773. The van der Waals surface area contributed by atoms with Gasteiger partial charge in [0.05, 0.1) is 5.75 Å². The molecule has 2 heterocycles. The Balaban J connectivity index is 1.58. The van der Waals surface area contributed by atoms with Crippen molar-refractivity contribution in [3.05, 3.63) is 65.2 Å². The molecular formula is C23H31N3O2S. The van der Waals surface area contributed by atoms with Crippen molar-refractivity contribution < 1.29 is 8.42 Å². The van der Waals surface area contributed by atoms with Crippen LogP contribution in [0.2, 0.25) is 0 Å². The molecule has 0 N–H and O–H groups in total. The van der Waals surface area contributed by atoms with Gasteiger partial charge < -0.3 is 9.80 Å². The average Bonchev–Trinajstić information content (AvgIpc) is 2.92. The fraction of sp³-hybridized carbons (Fsp3) is 0.478. The molecule has 0 aliphatic carbocycles. The van der Waals surface area contributed by atoms with E-state index in [1.165, 1.54) is 22.4 Å². The SMILES string of the molecule is CCS(=O)(=O)N1CCN(c2ccc3c(c2)CN(C)CCC3c2ccccc2)CC1. The Bertz CT molecular complexity index is 938. The molecule has 1 fully saturated rings. The predicted molar refractivity (Wildman–Crippen MR) is 119 cm³/mol. The Hall–Kier alpha value is -1.89. The van der Waals surface area contributed by atoms with E-state index in [1.54, 1.807) is 11.2 Å². The van der Waals surface area contributed by atoms with Crippen LogP contribution in [0.1, 0.15) is 36.0 Å². The maximum atomic E-state index is 12.1. The minimum absolute atomic E-state index is 0.180. The van der Waals surface area contributed by atoms with E-state index in [-0.39, 0.29) is 5.75 Å². The molecule has 1 unspecified atom stereocenters. The van der Waals surface area contributed by atoms with Crippen LogP contribution in [0.4, 0.5) is 5.69 Å². The molecule has 0 spiro atoms. The summed E-state index contributed by atoms with van der Waals surface area (Å²) in [6.45, 7) is 6.38. The Morgan fingerprint density at radius 2 is 1.69 bits per heavy atom. The van der Waals surface area contributed by atoms with Crippen LogP contribution >= 0.6 is 0 Å². The number of hydrogen-bond acceptors (Lipinski definition) is 4. The average molecular weight is 414 g/mol. The number of rotatable bonds is 4. The highest BCUT2D eigenvalue weighted by molar-refractivity contribution is 7.89. The van der Waals surface area contributed by atoms with Crippen molar-refractivity contribution in [1.82, 2.24) is 9.21 Å². The summed E-state index contributed by atoms with van der Waals surface area (Å²) in [7, 11) is -0.899. The third-order valence-electron chi connectivity index (χ3n) is 6.31. The second kappa shape index (κ2) is 8.46. The summed E-state index contributed by atoms with van der Waals surface area (Å²) in [6.07, 6.45) is 1.13. The summed E-state index contributed by atoms with van der Waals surface area (Å²) in [4.78, 5) is 4.72. The highest BCUT2D eigenvalue weighted by Gasteiger charge is 2.27. The van der Waals surface area contributed by atoms with Crippen LogP contribution in [0.3, 0.4) is 0 Å². The molecule has 2 aromatic carbocycles. The third-order valence-corrected chi connectivity index (χ3v) is 8.19. The first-order valence-corrected chi connectivity index (χ1v) is 12.2. The summed E-state index contributed by atoms with van der Waals surface area (Å²) in [6, 6.07) is 17.7. The molecule has 0 aromatic heterocycles. The van der Waals surface area contributed by atoms with Crippen molar-refractivity contribution in [3.63, 3.8) is 0 Å². The molecule has 2 aliphatic heterocycles. The van der Waals surface area contributed by atoms with Gasteiger partial charge in [-0.15, -0.1) is 0 Å². The molecular weight excluding hydrogens is 382 g/mol. The maximum absolute atomic E-state index is 12.1. The van der Waals surface area contributed by atoms with E-state index >= 15 is 0 Å². The zero-order valence-corrected chi connectivity index (χ0v) is 18.2. The Labute approximate surface area is 175 Å². The third kappa shape index (κ3) is 4.34. The monoisotopic (exact) mass is 413 g/mol. The number of piperazine rings is 1. The van der Waals surface area contributed by atoms with Crippen molar-refractivity contribution in [1.29, 1.82) is 0 Å². The van der Waals surface area contributed by atoms with Crippen molar-refractivity contribution in [3.8, 4) is 0 Å². The summed E-state index contributed by atoms with van der Waals surface area (Å²) < 4.78 is 25.9. The molecule has 1 saturated heterocycles. The second-order valence-corrected chi connectivity index (χ2v) is 10.4. The summed E-state index contributed by atoms with van der Waals surface area (Å²) in [5.41, 5.74) is 5.41. The number of fused-ring (bicyclic) bond motifs is 1. The first kappa shape index (κ1) is 20.4. The van der Waals surface area contributed by atoms with Crippen LogP contribution in [0.15, 0.2) is 48.5 Å². The largest absolute Gasteiger partial charge is 0.369 e. The van der Waals surface area contributed by atoms with Gasteiger partial charge in [-0.1, -0.05) is 36.4 Å². The van der Waals surface area contributed by atoms with Crippen LogP contribution in [0.25, 0.3) is 0 Å². The van der Waals surface area contributed by atoms with E-state index in [9.17, 15) is 8.42 Å².